The van der Waals surface area contributed by atoms with Crippen molar-refractivity contribution in [2.75, 3.05) is 13.1 Å². The van der Waals surface area contributed by atoms with E-state index in [1.165, 1.54) is 17.2 Å². The van der Waals surface area contributed by atoms with Gasteiger partial charge < -0.3 is 15.4 Å². The molecule has 0 bridgehead atoms. The Bertz CT molecular complexity index is 324. The molecule has 5 nitrogen and oxygen atoms in total. The Hall–Kier alpha value is -1.59. The van der Waals surface area contributed by atoms with Gasteiger partial charge in [-0.25, -0.2) is 4.79 Å². The van der Waals surface area contributed by atoms with Gasteiger partial charge in [-0.1, -0.05) is 26.0 Å². The minimum Gasteiger partial charge on any atom is -0.507 e. The molecule has 1 aromatic rings. The first-order valence-electron chi connectivity index (χ1n) is 4.98. The van der Waals surface area contributed by atoms with Gasteiger partial charge in [-0.2, -0.15) is 5.06 Å². The van der Waals surface area contributed by atoms with Gasteiger partial charge in [-0.3, -0.25) is 0 Å². The fourth-order valence-corrected chi connectivity index (χ4v) is 0.878. The van der Waals surface area contributed by atoms with Crippen molar-refractivity contribution in [2.45, 2.75) is 13.8 Å². The summed E-state index contributed by atoms with van der Waals surface area (Å²) in [6.45, 7) is 5.25. The predicted molar refractivity (Wildman–Crippen MR) is 59.8 cm³/mol. The van der Waals surface area contributed by atoms with Gasteiger partial charge in [0.15, 0.2) is 0 Å². The van der Waals surface area contributed by atoms with E-state index in [4.69, 9.17) is 15.4 Å². The molecule has 0 aliphatic rings. The lowest BCUT2D eigenvalue weighted by atomic mass is 10.2. The molecule has 0 spiro atoms. The molecule has 5 heteroatoms. The molecule has 3 N–H and O–H groups in total. The van der Waals surface area contributed by atoms with Crippen LogP contribution in [0.15, 0.2) is 24.3 Å². The number of carboxylic acid groups (broad SMARTS) is 1. The molecule has 0 saturated heterocycles. The molecule has 90 valence electrons. The number of nitrogens with zero attached hydrogens (tertiary/aromatic N) is 1. The second-order valence-corrected chi connectivity index (χ2v) is 2.96. The summed E-state index contributed by atoms with van der Waals surface area (Å²) in [5, 5.41) is 27.1. The number of rotatable bonds is 3. The molecule has 0 aliphatic heterocycles. The standard InChI is InChI=1S/C7H6O3.C4H11NO/c8-6-4-2-1-3-5(6)7(9)10;1-3-5(6)4-2/h1-4,8H,(H,9,10);6H,3-4H2,1-2H3. The average Bonchev–Trinajstić information content (AvgIpc) is 2.29. The van der Waals surface area contributed by atoms with Crippen LogP contribution in [-0.4, -0.2) is 39.5 Å². The summed E-state index contributed by atoms with van der Waals surface area (Å²) in [6, 6.07) is 5.81. The highest BCUT2D eigenvalue weighted by atomic mass is 16.5. The molecule has 0 amide bonds. The zero-order valence-electron chi connectivity index (χ0n) is 9.42. The summed E-state index contributed by atoms with van der Waals surface area (Å²) in [6.07, 6.45) is 0. The van der Waals surface area contributed by atoms with Crippen LogP contribution in [0.25, 0.3) is 0 Å². The Morgan fingerprint density at radius 3 is 2.00 bits per heavy atom. The molecule has 0 radical (unpaired) electrons. The van der Waals surface area contributed by atoms with Gasteiger partial charge in [0.2, 0.25) is 0 Å². The normalized spacial score (nSPS) is 9.50. The molecule has 0 heterocycles. The highest BCUT2D eigenvalue weighted by molar-refractivity contribution is 5.90. The molecule has 0 atom stereocenters. The zero-order chi connectivity index (χ0) is 12.6. The minimum absolute atomic E-state index is 0.0671. The first-order valence-corrected chi connectivity index (χ1v) is 4.98. The maximum absolute atomic E-state index is 10.3. The number of hydrogen-bond acceptors (Lipinski definition) is 4. The van der Waals surface area contributed by atoms with E-state index < -0.39 is 5.97 Å². The largest absolute Gasteiger partial charge is 0.507 e. The lowest BCUT2D eigenvalue weighted by Gasteiger charge is -2.05. The van der Waals surface area contributed by atoms with Crippen LogP contribution in [0.4, 0.5) is 0 Å². The van der Waals surface area contributed by atoms with Crippen LogP contribution in [0, 0.1) is 0 Å². The number of carboxylic acids is 1. The van der Waals surface area contributed by atoms with E-state index >= 15 is 0 Å². The molecule has 0 aromatic heterocycles. The van der Waals surface area contributed by atoms with Crippen molar-refractivity contribution in [1.29, 1.82) is 0 Å². The number of aromatic carboxylic acids is 1. The van der Waals surface area contributed by atoms with Gasteiger partial charge in [0, 0.05) is 13.1 Å². The quantitative estimate of drug-likeness (QED) is 0.686. The molecule has 16 heavy (non-hydrogen) atoms. The molecular formula is C11H17NO4. The summed E-state index contributed by atoms with van der Waals surface area (Å²) in [4.78, 5) is 10.3. The zero-order valence-corrected chi connectivity index (χ0v) is 9.42. The lowest BCUT2D eigenvalue weighted by Crippen LogP contribution is -2.16. The molecule has 0 fully saturated rings. The Kier molecular flexibility index (Phi) is 6.91. The van der Waals surface area contributed by atoms with E-state index in [-0.39, 0.29) is 11.3 Å². The number of hydrogen-bond donors (Lipinski definition) is 3. The second-order valence-electron chi connectivity index (χ2n) is 2.96. The van der Waals surface area contributed by atoms with Gasteiger partial charge in [0.05, 0.1) is 0 Å². The number of aromatic hydroxyl groups is 1. The number of para-hydroxylation sites is 1. The maximum atomic E-state index is 10.3. The Morgan fingerprint density at radius 2 is 1.75 bits per heavy atom. The topological polar surface area (TPSA) is 81.0 Å². The minimum atomic E-state index is -1.11. The summed E-state index contributed by atoms with van der Waals surface area (Å²) < 4.78 is 0. The number of hydroxylamine groups is 2. The third-order valence-corrected chi connectivity index (χ3v) is 1.86. The summed E-state index contributed by atoms with van der Waals surface area (Å²) >= 11 is 0. The molecular weight excluding hydrogens is 210 g/mol. The monoisotopic (exact) mass is 227 g/mol. The van der Waals surface area contributed by atoms with E-state index in [0.29, 0.717) is 0 Å². The fourth-order valence-electron chi connectivity index (χ4n) is 0.878. The van der Waals surface area contributed by atoms with Crippen molar-refractivity contribution in [3.63, 3.8) is 0 Å². The average molecular weight is 227 g/mol. The lowest BCUT2D eigenvalue weighted by molar-refractivity contribution is -0.0813. The highest BCUT2D eigenvalue weighted by Crippen LogP contribution is 2.14. The van der Waals surface area contributed by atoms with E-state index in [1.807, 2.05) is 13.8 Å². The number of phenols is 1. The van der Waals surface area contributed by atoms with Crippen LogP contribution >= 0.6 is 0 Å². The van der Waals surface area contributed by atoms with E-state index in [1.54, 1.807) is 12.1 Å². The molecule has 0 aliphatic carbocycles. The van der Waals surface area contributed by atoms with Gasteiger partial charge >= 0.3 is 5.97 Å². The van der Waals surface area contributed by atoms with Crippen LogP contribution in [-0.2, 0) is 0 Å². The first kappa shape index (κ1) is 14.4. The molecule has 0 saturated carbocycles. The Labute approximate surface area is 94.5 Å². The van der Waals surface area contributed by atoms with Crippen LogP contribution < -0.4 is 0 Å². The molecule has 1 aromatic carbocycles. The number of carbonyl (C=O) groups is 1. The van der Waals surface area contributed by atoms with Crippen molar-refractivity contribution in [3.8, 4) is 5.75 Å². The van der Waals surface area contributed by atoms with Crippen LogP contribution in [0.5, 0.6) is 5.75 Å². The van der Waals surface area contributed by atoms with Crippen LogP contribution in [0.3, 0.4) is 0 Å². The van der Waals surface area contributed by atoms with Crippen molar-refractivity contribution in [3.05, 3.63) is 29.8 Å². The van der Waals surface area contributed by atoms with Gasteiger partial charge in [-0.05, 0) is 12.1 Å². The first-order chi connectivity index (χ1) is 7.52. The van der Waals surface area contributed by atoms with Crippen molar-refractivity contribution < 1.29 is 20.2 Å². The van der Waals surface area contributed by atoms with Gasteiger partial charge in [-0.15, -0.1) is 0 Å². The smallest absolute Gasteiger partial charge is 0.339 e. The van der Waals surface area contributed by atoms with E-state index in [0.717, 1.165) is 13.1 Å². The summed E-state index contributed by atoms with van der Waals surface area (Å²) in [5.41, 5.74) is -0.0671. The van der Waals surface area contributed by atoms with Crippen LogP contribution in [0.2, 0.25) is 0 Å². The third-order valence-electron chi connectivity index (χ3n) is 1.86. The maximum Gasteiger partial charge on any atom is 0.339 e. The SMILES string of the molecule is CCN(O)CC.O=C(O)c1ccccc1O. The van der Waals surface area contributed by atoms with Crippen LogP contribution in [0.1, 0.15) is 24.2 Å². The van der Waals surface area contributed by atoms with Crippen molar-refractivity contribution in [1.82, 2.24) is 5.06 Å². The van der Waals surface area contributed by atoms with Crippen molar-refractivity contribution >= 4 is 5.97 Å². The fraction of sp³-hybridized carbons (Fsp3) is 0.364. The predicted octanol–water partition coefficient (Wildman–Crippen LogP) is 1.81. The van der Waals surface area contributed by atoms with Gasteiger partial charge in [0.25, 0.3) is 0 Å². The Morgan fingerprint density at radius 1 is 1.25 bits per heavy atom. The Balaban J connectivity index is 0.000000325. The van der Waals surface area contributed by atoms with E-state index in [9.17, 15) is 4.79 Å². The van der Waals surface area contributed by atoms with Crippen molar-refractivity contribution in [2.24, 2.45) is 0 Å². The molecule has 0 unspecified atom stereocenters. The second kappa shape index (κ2) is 7.67. The summed E-state index contributed by atoms with van der Waals surface area (Å²) in [5.74, 6) is -1.31. The third kappa shape index (κ3) is 5.33. The van der Waals surface area contributed by atoms with Gasteiger partial charge in [0.1, 0.15) is 11.3 Å². The summed E-state index contributed by atoms with van der Waals surface area (Å²) in [7, 11) is 0. The van der Waals surface area contributed by atoms with E-state index in [2.05, 4.69) is 0 Å². The highest BCUT2D eigenvalue weighted by Gasteiger charge is 2.05. The number of benzene rings is 1. The molecule has 1 rings (SSSR count).